The van der Waals surface area contributed by atoms with Gasteiger partial charge in [-0.3, -0.25) is 4.98 Å². The third kappa shape index (κ3) is 3.14. The molecular weight excluding hydrogens is 227 g/mol. The Kier molecular flexibility index (Phi) is 4.05. The third-order valence-corrected chi connectivity index (χ3v) is 3.04. The van der Waals surface area contributed by atoms with Gasteiger partial charge in [-0.05, 0) is 49.2 Å². The number of aryl methyl sites for hydroxylation is 1. The Morgan fingerprint density at radius 2 is 2.11 bits per heavy atom. The number of rotatable bonds is 4. The zero-order valence-electron chi connectivity index (χ0n) is 10.7. The van der Waals surface area contributed by atoms with E-state index >= 15 is 0 Å². The Balaban J connectivity index is 2.01. The number of nitrogens with zero attached hydrogens (tertiary/aromatic N) is 1. The SMILES string of the molecule is Cc1ccc(F)cc1CN[C@@H](C)c1ccccn1. The Labute approximate surface area is 107 Å². The molecule has 0 aliphatic rings. The predicted octanol–water partition coefficient (Wildman–Crippen LogP) is 3.38. The van der Waals surface area contributed by atoms with Crippen molar-refractivity contribution in [2.75, 3.05) is 0 Å². The highest BCUT2D eigenvalue weighted by Crippen LogP contribution is 2.13. The highest BCUT2D eigenvalue weighted by atomic mass is 19.1. The van der Waals surface area contributed by atoms with Gasteiger partial charge in [0.15, 0.2) is 0 Å². The first-order valence-electron chi connectivity index (χ1n) is 6.06. The molecule has 0 fully saturated rings. The molecule has 1 heterocycles. The average molecular weight is 244 g/mol. The lowest BCUT2D eigenvalue weighted by atomic mass is 10.1. The summed E-state index contributed by atoms with van der Waals surface area (Å²) < 4.78 is 13.2. The van der Waals surface area contributed by atoms with Gasteiger partial charge in [-0.1, -0.05) is 12.1 Å². The molecule has 1 N–H and O–H groups in total. The third-order valence-electron chi connectivity index (χ3n) is 3.04. The van der Waals surface area contributed by atoms with Gasteiger partial charge in [0.25, 0.3) is 0 Å². The van der Waals surface area contributed by atoms with E-state index in [4.69, 9.17) is 0 Å². The Morgan fingerprint density at radius 1 is 1.28 bits per heavy atom. The number of hydrogen-bond acceptors (Lipinski definition) is 2. The molecule has 0 amide bonds. The minimum atomic E-state index is -0.192. The van der Waals surface area contributed by atoms with Crippen molar-refractivity contribution in [1.29, 1.82) is 0 Å². The van der Waals surface area contributed by atoms with Gasteiger partial charge in [0.2, 0.25) is 0 Å². The van der Waals surface area contributed by atoms with Crippen molar-refractivity contribution in [2.24, 2.45) is 0 Å². The normalized spacial score (nSPS) is 12.4. The van der Waals surface area contributed by atoms with E-state index in [2.05, 4.69) is 17.2 Å². The molecule has 0 radical (unpaired) electrons. The van der Waals surface area contributed by atoms with E-state index in [0.29, 0.717) is 6.54 Å². The molecule has 2 aromatic rings. The van der Waals surface area contributed by atoms with Crippen LogP contribution in [0.1, 0.15) is 29.8 Å². The highest BCUT2D eigenvalue weighted by Gasteiger charge is 2.07. The minimum Gasteiger partial charge on any atom is -0.305 e. The summed E-state index contributed by atoms with van der Waals surface area (Å²) in [5.41, 5.74) is 3.07. The lowest BCUT2D eigenvalue weighted by molar-refractivity contribution is 0.556. The van der Waals surface area contributed by atoms with Crippen molar-refractivity contribution in [1.82, 2.24) is 10.3 Å². The molecule has 0 saturated heterocycles. The van der Waals surface area contributed by atoms with E-state index in [1.54, 1.807) is 18.3 Å². The fraction of sp³-hybridized carbons (Fsp3) is 0.267. The summed E-state index contributed by atoms with van der Waals surface area (Å²) >= 11 is 0. The van der Waals surface area contributed by atoms with Gasteiger partial charge >= 0.3 is 0 Å². The van der Waals surface area contributed by atoms with E-state index in [-0.39, 0.29) is 11.9 Å². The van der Waals surface area contributed by atoms with E-state index in [0.717, 1.165) is 16.8 Å². The maximum atomic E-state index is 13.2. The largest absolute Gasteiger partial charge is 0.305 e. The van der Waals surface area contributed by atoms with Crippen molar-refractivity contribution in [3.05, 3.63) is 65.2 Å². The van der Waals surface area contributed by atoms with Crippen molar-refractivity contribution in [3.8, 4) is 0 Å². The number of pyridine rings is 1. The van der Waals surface area contributed by atoms with Gasteiger partial charge in [0.05, 0.1) is 5.69 Å². The molecule has 3 heteroatoms. The maximum absolute atomic E-state index is 13.2. The van der Waals surface area contributed by atoms with E-state index < -0.39 is 0 Å². The Bertz CT molecular complexity index is 511. The smallest absolute Gasteiger partial charge is 0.123 e. The van der Waals surface area contributed by atoms with Crippen LogP contribution in [0, 0.1) is 12.7 Å². The second-order valence-electron chi connectivity index (χ2n) is 4.43. The summed E-state index contributed by atoms with van der Waals surface area (Å²) in [7, 11) is 0. The summed E-state index contributed by atoms with van der Waals surface area (Å²) in [5, 5.41) is 3.35. The molecule has 0 bridgehead atoms. The van der Waals surface area contributed by atoms with E-state index in [1.165, 1.54) is 6.07 Å². The summed E-state index contributed by atoms with van der Waals surface area (Å²) in [6, 6.07) is 10.9. The van der Waals surface area contributed by atoms with Crippen molar-refractivity contribution >= 4 is 0 Å². The molecule has 0 aliphatic heterocycles. The molecule has 0 aliphatic carbocycles. The molecule has 18 heavy (non-hydrogen) atoms. The molecule has 0 saturated carbocycles. The van der Waals surface area contributed by atoms with Crippen LogP contribution in [0.2, 0.25) is 0 Å². The molecule has 1 aromatic carbocycles. The standard InChI is InChI=1S/C15H17FN2/c1-11-6-7-14(16)9-13(11)10-18-12(2)15-5-3-4-8-17-15/h3-9,12,18H,10H2,1-2H3/t12-/m0/s1. The Hall–Kier alpha value is -1.74. The summed E-state index contributed by atoms with van der Waals surface area (Å²) in [5.74, 6) is -0.192. The van der Waals surface area contributed by atoms with Gasteiger partial charge in [-0.15, -0.1) is 0 Å². The van der Waals surface area contributed by atoms with Crippen LogP contribution in [-0.4, -0.2) is 4.98 Å². The van der Waals surface area contributed by atoms with Crippen molar-refractivity contribution < 1.29 is 4.39 Å². The lowest BCUT2D eigenvalue weighted by Crippen LogP contribution is -2.19. The first-order chi connectivity index (χ1) is 8.66. The first-order valence-corrected chi connectivity index (χ1v) is 6.06. The molecule has 1 atom stereocenters. The van der Waals surface area contributed by atoms with Crippen LogP contribution >= 0.6 is 0 Å². The number of nitrogens with one attached hydrogen (secondary N) is 1. The predicted molar refractivity (Wildman–Crippen MR) is 70.6 cm³/mol. The molecule has 94 valence electrons. The number of halogens is 1. The Morgan fingerprint density at radius 3 is 2.83 bits per heavy atom. The van der Waals surface area contributed by atoms with Crippen LogP contribution in [0.3, 0.4) is 0 Å². The molecule has 2 rings (SSSR count). The molecule has 0 unspecified atom stereocenters. The van der Waals surface area contributed by atoms with Crippen LogP contribution < -0.4 is 5.32 Å². The highest BCUT2D eigenvalue weighted by molar-refractivity contribution is 5.26. The molecule has 1 aromatic heterocycles. The van der Waals surface area contributed by atoms with Gasteiger partial charge in [-0.2, -0.15) is 0 Å². The van der Waals surface area contributed by atoms with Crippen LogP contribution in [0.25, 0.3) is 0 Å². The topological polar surface area (TPSA) is 24.9 Å². The fourth-order valence-electron chi connectivity index (χ4n) is 1.83. The van der Waals surface area contributed by atoms with Gasteiger partial charge < -0.3 is 5.32 Å². The zero-order chi connectivity index (χ0) is 13.0. The average Bonchev–Trinajstić information content (AvgIpc) is 2.40. The van der Waals surface area contributed by atoms with E-state index in [1.807, 2.05) is 25.1 Å². The second-order valence-corrected chi connectivity index (χ2v) is 4.43. The van der Waals surface area contributed by atoms with Crippen molar-refractivity contribution in [3.63, 3.8) is 0 Å². The minimum absolute atomic E-state index is 0.147. The number of aromatic nitrogens is 1. The van der Waals surface area contributed by atoms with Gasteiger partial charge in [0, 0.05) is 18.8 Å². The monoisotopic (exact) mass is 244 g/mol. The first kappa shape index (κ1) is 12.7. The van der Waals surface area contributed by atoms with Crippen LogP contribution in [0.5, 0.6) is 0 Å². The van der Waals surface area contributed by atoms with Crippen LogP contribution in [0.15, 0.2) is 42.6 Å². The lowest BCUT2D eigenvalue weighted by Gasteiger charge is -2.14. The van der Waals surface area contributed by atoms with Crippen LogP contribution in [-0.2, 0) is 6.54 Å². The van der Waals surface area contributed by atoms with Gasteiger partial charge in [-0.25, -0.2) is 4.39 Å². The molecule has 2 nitrogen and oxygen atoms in total. The molecular formula is C15H17FN2. The van der Waals surface area contributed by atoms with E-state index in [9.17, 15) is 4.39 Å². The maximum Gasteiger partial charge on any atom is 0.123 e. The summed E-state index contributed by atoms with van der Waals surface area (Å²) in [6.07, 6.45) is 1.78. The van der Waals surface area contributed by atoms with Gasteiger partial charge in [0.1, 0.15) is 5.82 Å². The van der Waals surface area contributed by atoms with Crippen molar-refractivity contribution in [2.45, 2.75) is 26.4 Å². The van der Waals surface area contributed by atoms with Crippen LogP contribution in [0.4, 0.5) is 4.39 Å². The number of benzene rings is 1. The second kappa shape index (κ2) is 5.74. The number of hydrogen-bond donors (Lipinski definition) is 1. The molecule has 0 spiro atoms. The summed E-state index contributed by atoms with van der Waals surface area (Å²) in [4.78, 5) is 4.29. The quantitative estimate of drug-likeness (QED) is 0.891. The fourth-order valence-corrected chi connectivity index (χ4v) is 1.83. The zero-order valence-corrected chi connectivity index (χ0v) is 10.7. The summed E-state index contributed by atoms with van der Waals surface area (Å²) in [6.45, 7) is 4.68.